The van der Waals surface area contributed by atoms with Gasteiger partial charge in [0.2, 0.25) is 0 Å². The summed E-state index contributed by atoms with van der Waals surface area (Å²) >= 11 is -0.798. The fourth-order valence-corrected chi connectivity index (χ4v) is 2.78. The molecule has 4 nitrogen and oxygen atoms in total. The first-order chi connectivity index (χ1) is 4.63. The molecule has 1 fully saturated rings. The van der Waals surface area contributed by atoms with Crippen molar-refractivity contribution in [3.8, 4) is 0 Å². The van der Waals surface area contributed by atoms with Gasteiger partial charge in [0.05, 0.1) is 12.2 Å². The number of aliphatic hydroxyl groups is 4. The van der Waals surface area contributed by atoms with Crippen LogP contribution in [0.1, 0.15) is 0 Å². The molecular formula is C5H11AlO4. The second-order valence-corrected chi connectivity index (χ2v) is 4.68. The van der Waals surface area contributed by atoms with Crippen LogP contribution < -0.4 is 0 Å². The highest BCUT2D eigenvalue weighted by Crippen LogP contribution is 2.14. The Morgan fingerprint density at radius 1 is 1.00 bits per heavy atom. The molecule has 1 heterocycles. The van der Waals surface area contributed by atoms with Gasteiger partial charge in [-0.3, -0.25) is 0 Å². The topological polar surface area (TPSA) is 80.9 Å². The summed E-state index contributed by atoms with van der Waals surface area (Å²) in [5, 5.41) is 36.4. The number of hydrogen-bond donors (Lipinski definition) is 4. The highest BCUT2D eigenvalue weighted by molar-refractivity contribution is 6.38. The smallest absolute Gasteiger partial charge is 0.289 e. The second kappa shape index (κ2) is 3.18. The molecule has 0 saturated carbocycles. The molecule has 1 aliphatic rings. The Kier molecular flexibility index (Phi) is 2.69. The van der Waals surface area contributed by atoms with Crippen LogP contribution in [0.2, 0.25) is 5.28 Å². The normalized spacial score (nSPS) is 48.4. The van der Waals surface area contributed by atoms with Crippen molar-refractivity contribution in [3.05, 3.63) is 0 Å². The summed E-state index contributed by atoms with van der Waals surface area (Å²) < 4.78 is 0. The standard InChI is InChI=1S/C5H10O4.Al.H/c1-3(7)5(9)4(8)2-6;;/h2-9H,1H2;;. The Morgan fingerprint density at radius 3 is 2.10 bits per heavy atom. The summed E-state index contributed by atoms with van der Waals surface area (Å²) in [4.78, 5) is -0.751. The van der Waals surface area contributed by atoms with Gasteiger partial charge in [0.1, 0.15) is 6.10 Å². The Labute approximate surface area is 64.8 Å². The van der Waals surface area contributed by atoms with E-state index in [0.717, 1.165) is 0 Å². The van der Waals surface area contributed by atoms with Gasteiger partial charge in [0, 0.05) is 4.97 Å². The molecule has 1 saturated heterocycles. The fraction of sp³-hybridized carbons (Fsp3) is 1.00. The van der Waals surface area contributed by atoms with Gasteiger partial charge in [-0.1, -0.05) is 5.28 Å². The molecule has 0 aliphatic carbocycles. The van der Waals surface area contributed by atoms with Crippen molar-refractivity contribution < 1.29 is 20.4 Å². The van der Waals surface area contributed by atoms with Crippen LogP contribution in [0.15, 0.2) is 0 Å². The molecule has 0 bridgehead atoms. The molecule has 1 aliphatic heterocycles. The van der Waals surface area contributed by atoms with Crippen LogP contribution in [0.25, 0.3) is 0 Å². The van der Waals surface area contributed by atoms with Gasteiger partial charge in [0.25, 0.3) is 15.2 Å². The van der Waals surface area contributed by atoms with Gasteiger partial charge < -0.3 is 20.4 Å². The van der Waals surface area contributed by atoms with E-state index in [0.29, 0.717) is 5.28 Å². The average molecular weight is 162 g/mol. The molecule has 0 amide bonds. The summed E-state index contributed by atoms with van der Waals surface area (Å²) in [6.45, 7) is 0. The van der Waals surface area contributed by atoms with Gasteiger partial charge >= 0.3 is 0 Å². The maximum atomic E-state index is 9.01. The molecule has 0 aromatic carbocycles. The lowest BCUT2D eigenvalue weighted by Crippen LogP contribution is -2.52. The van der Waals surface area contributed by atoms with Gasteiger partial charge in [-0.25, -0.2) is 0 Å². The summed E-state index contributed by atoms with van der Waals surface area (Å²) in [6.07, 6.45) is -3.11. The quantitative estimate of drug-likeness (QED) is 0.291. The Morgan fingerprint density at radius 2 is 1.60 bits per heavy atom. The lowest BCUT2D eigenvalue weighted by atomic mass is 10.1. The minimum absolute atomic E-state index is 0.486. The summed E-state index contributed by atoms with van der Waals surface area (Å²) in [7, 11) is 0. The third-order valence-electron chi connectivity index (χ3n) is 1.90. The third kappa shape index (κ3) is 1.51. The third-order valence-corrected chi connectivity index (χ3v) is 3.90. The van der Waals surface area contributed by atoms with E-state index in [1.54, 1.807) is 0 Å². The first-order valence-electron chi connectivity index (χ1n) is 3.35. The highest BCUT2D eigenvalue weighted by Gasteiger charge is 2.36. The average Bonchev–Trinajstić information content (AvgIpc) is 1.93. The molecule has 58 valence electrons. The van der Waals surface area contributed by atoms with Crippen LogP contribution in [0.4, 0.5) is 0 Å². The van der Waals surface area contributed by atoms with E-state index < -0.39 is 38.5 Å². The van der Waals surface area contributed by atoms with Crippen LogP contribution in [0, 0.1) is 0 Å². The van der Waals surface area contributed by atoms with E-state index >= 15 is 0 Å². The van der Waals surface area contributed by atoms with Crippen molar-refractivity contribution in [3.63, 3.8) is 0 Å². The Hall–Kier alpha value is 0.372. The predicted molar refractivity (Wildman–Crippen MR) is 36.0 cm³/mol. The zero-order chi connectivity index (χ0) is 7.72. The first-order valence-corrected chi connectivity index (χ1v) is 5.17. The largest absolute Gasteiger partial charge is 0.406 e. The van der Waals surface area contributed by atoms with Crippen LogP contribution in [0.5, 0.6) is 0 Å². The number of aliphatic hydroxyl groups excluding tert-OH is 4. The zero-order valence-electron chi connectivity index (χ0n) is 5.51. The zero-order valence-corrected chi connectivity index (χ0v) is 6.93. The van der Waals surface area contributed by atoms with E-state index in [1.807, 2.05) is 0 Å². The Bertz CT molecular complexity index is 106. The van der Waals surface area contributed by atoms with E-state index in [-0.39, 0.29) is 0 Å². The fourth-order valence-electron chi connectivity index (χ4n) is 1.14. The van der Waals surface area contributed by atoms with Crippen molar-refractivity contribution in [1.29, 1.82) is 0 Å². The molecule has 4 atom stereocenters. The maximum Gasteiger partial charge on any atom is 0.289 e. The molecule has 0 radical (unpaired) electrons. The van der Waals surface area contributed by atoms with E-state index in [1.165, 1.54) is 0 Å². The molecule has 1 rings (SSSR count). The molecule has 10 heavy (non-hydrogen) atoms. The van der Waals surface area contributed by atoms with E-state index in [2.05, 4.69) is 0 Å². The molecule has 4 N–H and O–H groups in total. The molecule has 0 aromatic heterocycles. The van der Waals surface area contributed by atoms with Crippen LogP contribution in [-0.2, 0) is 0 Å². The molecule has 5 heteroatoms. The monoisotopic (exact) mass is 162 g/mol. The van der Waals surface area contributed by atoms with Crippen molar-refractivity contribution >= 4 is 15.2 Å². The molecular weight excluding hydrogens is 151 g/mol. The Balaban J connectivity index is 2.52. The van der Waals surface area contributed by atoms with E-state index in [4.69, 9.17) is 20.4 Å². The van der Waals surface area contributed by atoms with Crippen molar-refractivity contribution in [2.45, 2.75) is 28.6 Å². The lowest BCUT2D eigenvalue weighted by molar-refractivity contribution is -0.0902. The summed E-state index contributed by atoms with van der Waals surface area (Å²) in [6, 6.07) is 0. The van der Waals surface area contributed by atoms with Crippen LogP contribution in [0.3, 0.4) is 0 Å². The SMILES string of the molecule is OC1[CH2][AlH][CH](O)C(O)C1O. The molecule has 4 unspecified atom stereocenters. The van der Waals surface area contributed by atoms with Gasteiger partial charge in [-0.2, -0.15) is 0 Å². The minimum atomic E-state index is -1.16. The second-order valence-electron chi connectivity index (χ2n) is 2.69. The van der Waals surface area contributed by atoms with Crippen molar-refractivity contribution in [2.24, 2.45) is 0 Å². The lowest BCUT2D eigenvalue weighted by Gasteiger charge is -2.31. The van der Waals surface area contributed by atoms with Crippen LogP contribution >= 0.6 is 0 Å². The van der Waals surface area contributed by atoms with Crippen molar-refractivity contribution in [1.82, 2.24) is 0 Å². The highest BCUT2D eigenvalue weighted by atomic mass is 27.1. The summed E-state index contributed by atoms with van der Waals surface area (Å²) in [5.74, 6) is 0. The van der Waals surface area contributed by atoms with Gasteiger partial charge in [-0.15, -0.1) is 0 Å². The molecule has 0 spiro atoms. The van der Waals surface area contributed by atoms with E-state index in [9.17, 15) is 0 Å². The first kappa shape index (κ1) is 8.47. The molecule has 0 aromatic rings. The minimum Gasteiger partial charge on any atom is -0.406 e. The summed E-state index contributed by atoms with van der Waals surface area (Å²) in [5.41, 5.74) is 0. The number of hydrogen-bond acceptors (Lipinski definition) is 4. The predicted octanol–water partition coefficient (Wildman–Crippen LogP) is -2.74. The maximum absolute atomic E-state index is 9.01. The van der Waals surface area contributed by atoms with Crippen molar-refractivity contribution in [2.75, 3.05) is 0 Å². The number of rotatable bonds is 0. The van der Waals surface area contributed by atoms with Crippen LogP contribution in [-0.4, -0.2) is 58.9 Å². The van der Waals surface area contributed by atoms with Gasteiger partial charge in [0.15, 0.2) is 0 Å². The van der Waals surface area contributed by atoms with Gasteiger partial charge in [-0.05, 0) is 0 Å².